The molecule has 0 saturated carbocycles. The van der Waals surface area contributed by atoms with Gasteiger partial charge in [-0.1, -0.05) is 0 Å². The lowest BCUT2D eigenvalue weighted by Gasteiger charge is -2.13. The van der Waals surface area contributed by atoms with Crippen LogP contribution in [0.25, 0.3) is 17.0 Å². The van der Waals surface area contributed by atoms with E-state index in [1.165, 1.54) is 11.0 Å². The molecule has 1 aromatic heterocycles. The Bertz CT molecular complexity index is 1270. The summed E-state index contributed by atoms with van der Waals surface area (Å²) < 4.78 is 12.9. The summed E-state index contributed by atoms with van der Waals surface area (Å²) in [5.41, 5.74) is 2.28. The number of ketones is 1. The van der Waals surface area contributed by atoms with Crippen LogP contribution in [0.3, 0.4) is 0 Å². The van der Waals surface area contributed by atoms with Gasteiger partial charge in [-0.2, -0.15) is 0 Å². The number of aromatic nitrogens is 1. The monoisotopic (exact) mass is 422 g/mol. The number of methoxy groups -OCH3 is 1. The number of carbonyl (C=O) groups is 2. The molecular weight excluding hydrogens is 400 g/mol. The van der Waals surface area contributed by atoms with Crippen LogP contribution in [0, 0.1) is 6.92 Å². The number of Topliss-reactive ketones (excluding diaryl/α,β-unsaturated/α-hetero) is 1. The Balaban J connectivity index is 1.88. The molecule has 3 aromatic rings. The molecule has 0 bridgehead atoms. The molecule has 1 aliphatic heterocycles. The van der Waals surface area contributed by atoms with Crippen molar-refractivity contribution in [2.24, 2.45) is 0 Å². The summed E-state index contributed by atoms with van der Waals surface area (Å²) in [6.07, 6.45) is 1.59. The number of fused-ring (bicyclic) bond motifs is 2. The van der Waals surface area contributed by atoms with Crippen LogP contribution in [0.5, 0.6) is 23.0 Å². The van der Waals surface area contributed by atoms with E-state index >= 15 is 0 Å². The van der Waals surface area contributed by atoms with Crippen molar-refractivity contribution in [3.05, 3.63) is 52.9 Å². The Kier molecular flexibility index (Phi) is 4.85. The van der Waals surface area contributed by atoms with Gasteiger partial charge in [0.15, 0.2) is 5.76 Å². The van der Waals surface area contributed by atoms with Crippen LogP contribution in [0.1, 0.15) is 21.6 Å². The molecule has 8 heteroatoms. The third-order valence-electron chi connectivity index (χ3n) is 5.38. The van der Waals surface area contributed by atoms with Crippen LogP contribution in [0.15, 0.2) is 36.1 Å². The lowest BCUT2D eigenvalue weighted by Crippen LogP contribution is -2.26. The van der Waals surface area contributed by atoms with Crippen molar-refractivity contribution in [1.82, 2.24) is 9.47 Å². The third-order valence-corrected chi connectivity index (χ3v) is 5.38. The Morgan fingerprint density at radius 1 is 1.23 bits per heavy atom. The highest BCUT2D eigenvalue weighted by Gasteiger charge is 2.32. The number of hydrogen-bond acceptors (Lipinski definition) is 6. The minimum Gasteiger partial charge on any atom is -0.508 e. The van der Waals surface area contributed by atoms with Crippen molar-refractivity contribution >= 4 is 28.7 Å². The first kappa shape index (κ1) is 20.3. The summed E-state index contributed by atoms with van der Waals surface area (Å²) in [6, 6.07) is 7.88. The van der Waals surface area contributed by atoms with E-state index in [9.17, 15) is 19.8 Å². The van der Waals surface area contributed by atoms with E-state index in [0.717, 1.165) is 22.7 Å². The number of nitrogens with zero attached hydrogens (tertiary/aromatic N) is 2. The standard InChI is InChI=1S/C23H22N2O6/c1-12-15(10-20-23(29)22-18(27)7-13(26)8-19(22)31-20)16-9-14(30-4)5-6-17(16)25(12)11-21(28)24(2)3/h5-10,26-27H,11H2,1-4H3/b20-10-. The van der Waals surface area contributed by atoms with Gasteiger partial charge < -0.3 is 29.2 Å². The molecule has 31 heavy (non-hydrogen) atoms. The highest BCUT2D eigenvalue weighted by molar-refractivity contribution is 6.17. The molecule has 1 amide bonds. The van der Waals surface area contributed by atoms with Crippen molar-refractivity contribution in [3.8, 4) is 23.0 Å². The lowest BCUT2D eigenvalue weighted by molar-refractivity contribution is -0.129. The molecule has 0 unspecified atom stereocenters. The molecular formula is C23H22N2O6. The van der Waals surface area contributed by atoms with E-state index in [-0.39, 0.29) is 41.0 Å². The fourth-order valence-corrected chi connectivity index (χ4v) is 3.69. The van der Waals surface area contributed by atoms with Gasteiger partial charge in [0.2, 0.25) is 11.7 Å². The number of aromatic hydroxyl groups is 2. The molecule has 0 spiro atoms. The Hall–Kier alpha value is -3.94. The number of phenolic OH excluding ortho intramolecular Hbond substituents is 2. The van der Waals surface area contributed by atoms with E-state index in [1.807, 2.05) is 29.7 Å². The van der Waals surface area contributed by atoms with E-state index in [1.54, 1.807) is 27.3 Å². The van der Waals surface area contributed by atoms with E-state index in [0.29, 0.717) is 11.3 Å². The maximum atomic E-state index is 12.9. The van der Waals surface area contributed by atoms with Crippen LogP contribution in [0.2, 0.25) is 0 Å². The molecule has 0 atom stereocenters. The van der Waals surface area contributed by atoms with Gasteiger partial charge in [0.05, 0.1) is 7.11 Å². The molecule has 0 saturated heterocycles. The van der Waals surface area contributed by atoms with Crippen LogP contribution >= 0.6 is 0 Å². The van der Waals surface area contributed by atoms with Gasteiger partial charge in [0, 0.05) is 48.4 Å². The molecule has 0 aliphatic carbocycles. The zero-order valence-corrected chi connectivity index (χ0v) is 17.6. The van der Waals surface area contributed by atoms with Gasteiger partial charge in [0.25, 0.3) is 0 Å². The maximum absolute atomic E-state index is 12.9. The molecule has 1 aliphatic rings. The van der Waals surface area contributed by atoms with E-state index in [2.05, 4.69) is 0 Å². The van der Waals surface area contributed by atoms with Crippen molar-refractivity contribution in [2.75, 3.05) is 21.2 Å². The number of likely N-dealkylation sites (N-methyl/N-ethyl adjacent to an activating group) is 1. The third kappa shape index (κ3) is 3.35. The number of allylic oxidation sites excluding steroid dienone is 1. The summed E-state index contributed by atoms with van der Waals surface area (Å²) in [6.45, 7) is 1.99. The highest BCUT2D eigenvalue weighted by Crippen LogP contribution is 2.41. The molecule has 0 radical (unpaired) electrons. The van der Waals surface area contributed by atoms with Gasteiger partial charge in [-0.25, -0.2) is 0 Å². The fraction of sp³-hybridized carbons (Fsp3) is 0.217. The number of benzene rings is 2. The van der Waals surface area contributed by atoms with Gasteiger partial charge in [-0.05, 0) is 31.2 Å². The zero-order valence-electron chi connectivity index (χ0n) is 17.6. The fourth-order valence-electron chi connectivity index (χ4n) is 3.69. The number of rotatable bonds is 4. The normalized spacial score (nSPS) is 14.1. The number of hydrogen-bond donors (Lipinski definition) is 2. The van der Waals surface area contributed by atoms with Gasteiger partial charge >= 0.3 is 0 Å². The number of ether oxygens (including phenoxy) is 2. The zero-order chi connectivity index (χ0) is 22.4. The number of phenols is 2. The summed E-state index contributed by atoms with van der Waals surface area (Å²) in [5, 5.41) is 20.5. The first-order chi connectivity index (χ1) is 14.7. The first-order valence-corrected chi connectivity index (χ1v) is 9.58. The molecule has 0 fully saturated rings. The predicted molar refractivity (Wildman–Crippen MR) is 115 cm³/mol. The van der Waals surface area contributed by atoms with Crippen molar-refractivity contribution in [1.29, 1.82) is 0 Å². The number of carbonyl (C=O) groups excluding carboxylic acids is 2. The molecule has 4 rings (SSSR count). The summed E-state index contributed by atoms with van der Waals surface area (Å²) in [7, 11) is 4.95. The van der Waals surface area contributed by atoms with Gasteiger partial charge in [0.1, 0.15) is 35.1 Å². The largest absolute Gasteiger partial charge is 0.508 e. The van der Waals surface area contributed by atoms with Crippen LogP contribution in [0.4, 0.5) is 0 Å². The average molecular weight is 422 g/mol. The molecule has 160 valence electrons. The Morgan fingerprint density at radius 2 is 1.97 bits per heavy atom. The first-order valence-electron chi connectivity index (χ1n) is 9.58. The lowest BCUT2D eigenvalue weighted by atomic mass is 10.1. The average Bonchev–Trinajstić information content (AvgIpc) is 3.16. The summed E-state index contributed by atoms with van der Waals surface area (Å²) >= 11 is 0. The second kappa shape index (κ2) is 7.39. The van der Waals surface area contributed by atoms with Gasteiger partial charge in [-0.15, -0.1) is 0 Å². The number of amides is 1. The van der Waals surface area contributed by atoms with E-state index < -0.39 is 5.78 Å². The minimum atomic E-state index is -0.486. The topological polar surface area (TPSA) is 101 Å². The summed E-state index contributed by atoms with van der Waals surface area (Å²) in [5.74, 6) is -0.370. The highest BCUT2D eigenvalue weighted by atomic mass is 16.5. The second-order valence-electron chi connectivity index (χ2n) is 7.53. The van der Waals surface area contributed by atoms with Crippen molar-refractivity contribution in [3.63, 3.8) is 0 Å². The molecule has 2 N–H and O–H groups in total. The van der Waals surface area contributed by atoms with Gasteiger partial charge in [-0.3, -0.25) is 9.59 Å². The quantitative estimate of drug-likeness (QED) is 0.627. The smallest absolute Gasteiger partial charge is 0.242 e. The van der Waals surface area contributed by atoms with Crippen LogP contribution in [-0.2, 0) is 11.3 Å². The Labute approximate surface area is 178 Å². The van der Waals surface area contributed by atoms with Crippen molar-refractivity contribution in [2.45, 2.75) is 13.5 Å². The molecule has 2 aromatic carbocycles. The maximum Gasteiger partial charge on any atom is 0.242 e. The molecule has 2 heterocycles. The predicted octanol–water partition coefficient (Wildman–Crippen LogP) is 3.07. The SMILES string of the molecule is COc1ccc2c(c1)c(/C=C1\Oc3cc(O)cc(O)c3C1=O)c(C)n2CC(=O)N(C)C. The molecule has 8 nitrogen and oxygen atoms in total. The van der Waals surface area contributed by atoms with E-state index in [4.69, 9.17) is 9.47 Å². The minimum absolute atomic E-state index is 0.00538. The van der Waals surface area contributed by atoms with Crippen LogP contribution < -0.4 is 9.47 Å². The second-order valence-corrected chi connectivity index (χ2v) is 7.53. The Morgan fingerprint density at radius 3 is 2.65 bits per heavy atom. The summed E-state index contributed by atoms with van der Waals surface area (Å²) in [4.78, 5) is 26.8. The van der Waals surface area contributed by atoms with Crippen LogP contribution in [-0.4, -0.2) is 52.6 Å². The van der Waals surface area contributed by atoms with Crippen molar-refractivity contribution < 1.29 is 29.3 Å².